The van der Waals surface area contributed by atoms with Gasteiger partial charge in [-0.2, -0.15) is 0 Å². The Hall–Kier alpha value is -1.71. The van der Waals surface area contributed by atoms with Gasteiger partial charge in [-0.1, -0.05) is 6.07 Å². The Morgan fingerprint density at radius 3 is 2.86 bits per heavy atom. The Morgan fingerprint density at radius 1 is 1.57 bits per heavy atom. The maximum Gasteiger partial charge on any atom is 0.411 e. The van der Waals surface area contributed by atoms with Gasteiger partial charge in [0.2, 0.25) is 0 Å². The van der Waals surface area contributed by atoms with Crippen molar-refractivity contribution in [2.24, 2.45) is 0 Å². The molecule has 0 unspecified atom stereocenters. The zero-order chi connectivity index (χ0) is 10.6. The van der Waals surface area contributed by atoms with E-state index in [1.54, 1.807) is 19.1 Å². The van der Waals surface area contributed by atoms with Crippen molar-refractivity contribution in [3.8, 4) is 0 Å². The molecule has 0 heterocycles. The Kier molecular flexibility index (Phi) is 3.34. The summed E-state index contributed by atoms with van der Waals surface area (Å²) >= 11 is 0. The summed E-state index contributed by atoms with van der Waals surface area (Å²) in [6, 6.07) is 5.33. The summed E-state index contributed by atoms with van der Waals surface area (Å²) in [6.45, 7) is 4.01. The van der Waals surface area contributed by atoms with Crippen LogP contribution in [0.5, 0.6) is 0 Å². The van der Waals surface area contributed by atoms with Crippen molar-refractivity contribution >= 4 is 17.5 Å². The van der Waals surface area contributed by atoms with E-state index in [0.29, 0.717) is 18.0 Å². The molecule has 1 amide bonds. The molecule has 1 aromatic carbocycles. The van der Waals surface area contributed by atoms with Crippen LogP contribution in [0.15, 0.2) is 18.2 Å². The van der Waals surface area contributed by atoms with E-state index in [1.165, 1.54) is 0 Å². The Balaban J connectivity index is 2.68. The summed E-state index contributed by atoms with van der Waals surface area (Å²) in [6.07, 6.45) is -0.462. The Morgan fingerprint density at radius 2 is 2.29 bits per heavy atom. The van der Waals surface area contributed by atoms with Crippen molar-refractivity contribution in [2.75, 3.05) is 17.7 Å². The number of nitrogens with two attached hydrogens (primary N) is 1. The molecule has 0 fully saturated rings. The zero-order valence-electron chi connectivity index (χ0n) is 8.33. The van der Waals surface area contributed by atoms with E-state index in [0.717, 1.165) is 5.56 Å². The molecular formula is C10H14N2O2. The number of nitrogen functional groups attached to an aromatic ring is 1. The van der Waals surface area contributed by atoms with Crippen molar-refractivity contribution in [3.63, 3.8) is 0 Å². The lowest BCUT2D eigenvalue weighted by Crippen LogP contribution is -2.13. The van der Waals surface area contributed by atoms with Crippen molar-refractivity contribution in [2.45, 2.75) is 13.8 Å². The molecule has 1 rings (SSSR count). The normalized spacial score (nSPS) is 9.57. The first kappa shape index (κ1) is 10.4. The van der Waals surface area contributed by atoms with Crippen molar-refractivity contribution in [1.29, 1.82) is 0 Å². The molecule has 0 radical (unpaired) electrons. The number of nitrogens with one attached hydrogen (secondary N) is 1. The summed E-state index contributed by atoms with van der Waals surface area (Å²) in [5.74, 6) is 0. The molecule has 1 aromatic rings. The molecule has 0 bridgehead atoms. The Labute approximate surface area is 83.1 Å². The average molecular weight is 194 g/mol. The largest absolute Gasteiger partial charge is 0.450 e. The van der Waals surface area contributed by atoms with Crippen molar-refractivity contribution in [3.05, 3.63) is 23.8 Å². The fourth-order valence-electron chi connectivity index (χ4n) is 1.00. The van der Waals surface area contributed by atoms with Gasteiger partial charge in [-0.3, -0.25) is 5.32 Å². The molecule has 0 aliphatic carbocycles. The van der Waals surface area contributed by atoms with E-state index in [9.17, 15) is 4.79 Å². The fourth-order valence-corrected chi connectivity index (χ4v) is 1.00. The van der Waals surface area contributed by atoms with Crippen LogP contribution < -0.4 is 11.1 Å². The van der Waals surface area contributed by atoms with Gasteiger partial charge in [0.15, 0.2) is 0 Å². The van der Waals surface area contributed by atoms with Gasteiger partial charge < -0.3 is 10.5 Å². The number of anilines is 2. The number of amides is 1. The topological polar surface area (TPSA) is 64.3 Å². The number of ether oxygens (including phenoxy) is 1. The maximum absolute atomic E-state index is 11.0. The van der Waals surface area contributed by atoms with Crippen molar-refractivity contribution in [1.82, 2.24) is 0 Å². The van der Waals surface area contributed by atoms with Gasteiger partial charge in [0, 0.05) is 11.4 Å². The van der Waals surface area contributed by atoms with Crippen LogP contribution in [0.4, 0.5) is 16.2 Å². The highest BCUT2D eigenvalue weighted by Gasteiger charge is 2.02. The minimum Gasteiger partial charge on any atom is -0.450 e. The van der Waals surface area contributed by atoms with E-state index >= 15 is 0 Å². The fraction of sp³-hybridized carbons (Fsp3) is 0.300. The SMILES string of the molecule is CCOC(=O)Nc1ccc(C)c(N)c1. The third kappa shape index (κ3) is 2.65. The molecule has 4 nitrogen and oxygen atoms in total. The smallest absolute Gasteiger partial charge is 0.411 e. The first-order chi connectivity index (χ1) is 6.63. The second-order valence-corrected chi connectivity index (χ2v) is 2.92. The van der Waals surface area contributed by atoms with Crippen LogP contribution in [0, 0.1) is 6.92 Å². The van der Waals surface area contributed by atoms with Gasteiger partial charge in [0.25, 0.3) is 0 Å². The van der Waals surface area contributed by atoms with Gasteiger partial charge >= 0.3 is 6.09 Å². The molecule has 0 spiro atoms. The van der Waals surface area contributed by atoms with E-state index in [4.69, 9.17) is 10.5 Å². The minimum atomic E-state index is -0.462. The Bertz CT molecular complexity index is 337. The molecule has 0 aliphatic heterocycles. The van der Waals surface area contributed by atoms with Gasteiger partial charge in [-0.15, -0.1) is 0 Å². The molecule has 4 heteroatoms. The number of rotatable bonds is 2. The summed E-state index contributed by atoms with van der Waals surface area (Å²) in [5, 5.41) is 2.57. The van der Waals surface area contributed by atoms with E-state index in [1.807, 2.05) is 13.0 Å². The summed E-state index contributed by atoms with van der Waals surface area (Å²) in [5.41, 5.74) is 7.96. The lowest BCUT2D eigenvalue weighted by molar-refractivity contribution is 0.168. The van der Waals surface area contributed by atoms with Crippen LogP contribution in [0.2, 0.25) is 0 Å². The number of carbonyl (C=O) groups is 1. The molecule has 0 aromatic heterocycles. The molecule has 3 N–H and O–H groups in total. The first-order valence-electron chi connectivity index (χ1n) is 4.43. The van der Waals surface area contributed by atoms with E-state index < -0.39 is 6.09 Å². The molecule has 0 saturated carbocycles. The molecule has 0 aliphatic rings. The zero-order valence-corrected chi connectivity index (χ0v) is 8.33. The molecule has 76 valence electrons. The highest BCUT2D eigenvalue weighted by molar-refractivity contribution is 5.85. The molecule has 0 saturated heterocycles. The summed E-state index contributed by atoms with van der Waals surface area (Å²) in [4.78, 5) is 11.0. The molecular weight excluding hydrogens is 180 g/mol. The van der Waals surface area contributed by atoms with E-state index in [-0.39, 0.29) is 0 Å². The second kappa shape index (κ2) is 4.50. The van der Waals surface area contributed by atoms with Gasteiger partial charge in [0.05, 0.1) is 6.61 Å². The van der Waals surface area contributed by atoms with Crippen LogP contribution >= 0.6 is 0 Å². The predicted molar refractivity (Wildman–Crippen MR) is 56.2 cm³/mol. The summed E-state index contributed by atoms with van der Waals surface area (Å²) < 4.78 is 4.73. The molecule has 0 atom stereocenters. The van der Waals surface area contributed by atoms with Crippen LogP contribution in [-0.4, -0.2) is 12.7 Å². The number of hydrogen-bond acceptors (Lipinski definition) is 3. The van der Waals surface area contributed by atoms with Gasteiger partial charge in [-0.25, -0.2) is 4.79 Å². The quantitative estimate of drug-likeness (QED) is 0.709. The van der Waals surface area contributed by atoms with Crippen LogP contribution in [0.25, 0.3) is 0 Å². The molecule has 14 heavy (non-hydrogen) atoms. The van der Waals surface area contributed by atoms with Gasteiger partial charge in [0.1, 0.15) is 0 Å². The maximum atomic E-state index is 11.0. The average Bonchev–Trinajstić information content (AvgIpc) is 2.12. The summed E-state index contributed by atoms with van der Waals surface area (Å²) in [7, 11) is 0. The van der Waals surface area contributed by atoms with Crippen molar-refractivity contribution < 1.29 is 9.53 Å². The third-order valence-electron chi connectivity index (χ3n) is 1.80. The predicted octanol–water partition coefficient (Wildman–Crippen LogP) is 2.15. The lowest BCUT2D eigenvalue weighted by atomic mass is 10.2. The van der Waals surface area contributed by atoms with Crippen LogP contribution in [0.1, 0.15) is 12.5 Å². The second-order valence-electron chi connectivity index (χ2n) is 2.92. The first-order valence-corrected chi connectivity index (χ1v) is 4.43. The van der Waals surface area contributed by atoms with Crippen LogP contribution in [0.3, 0.4) is 0 Å². The number of carbonyl (C=O) groups excluding carboxylic acids is 1. The van der Waals surface area contributed by atoms with Gasteiger partial charge in [-0.05, 0) is 31.5 Å². The highest BCUT2D eigenvalue weighted by Crippen LogP contribution is 2.16. The van der Waals surface area contributed by atoms with E-state index in [2.05, 4.69) is 5.32 Å². The van der Waals surface area contributed by atoms with Crippen LogP contribution in [-0.2, 0) is 4.74 Å². The third-order valence-corrected chi connectivity index (χ3v) is 1.80. The standard InChI is InChI=1S/C10H14N2O2/c1-3-14-10(13)12-8-5-4-7(2)9(11)6-8/h4-6H,3,11H2,1-2H3,(H,12,13). The monoisotopic (exact) mass is 194 g/mol. The number of hydrogen-bond donors (Lipinski definition) is 2. The number of benzene rings is 1. The lowest BCUT2D eigenvalue weighted by Gasteiger charge is -2.06. The number of aryl methyl sites for hydroxylation is 1. The minimum absolute atomic E-state index is 0.354. The highest BCUT2D eigenvalue weighted by atomic mass is 16.5.